The molecule has 1 aromatic carbocycles. The van der Waals surface area contributed by atoms with Gasteiger partial charge in [-0.25, -0.2) is 0 Å². The molecule has 76 valence electrons. The highest BCUT2D eigenvalue weighted by molar-refractivity contribution is 5.72. The molecule has 0 atom stereocenters. The van der Waals surface area contributed by atoms with E-state index in [9.17, 15) is 5.11 Å². The van der Waals surface area contributed by atoms with Gasteiger partial charge in [0.1, 0.15) is 5.76 Å². The lowest BCUT2D eigenvalue weighted by atomic mass is 10.1. The van der Waals surface area contributed by atoms with Gasteiger partial charge in [-0.2, -0.15) is 0 Å². The third-order valence-electron chi connectivity index (χ3n) is 1.87. The van der Waals surface area contributed by atoms with Crippen molar-refractivity contribution in [3.05, 3.63) is 24.3 Å². The molecule has 1 rings (SSSR count). The van der Waals surface area contributed by atoms with Gasteiger partial charge in [0.2, 0.25) is 0 Å². The highest BCUT2D eigenvalue weighted by Gasteiger charge is 2.10. The van der Waals surface area contributed by atoms with Gasteiger partial charge >= 0.3 is 0 Å². The fraction of sp³-hybridized carbons (Fsp3) is 0.200. The third-order valence-corrected chi connectivity index (χ3v) is 1.87. The molecule has 0 saturated heterocycles. The van der Waals surface area contributed by atoms with Gasteiger partial charge in [0.15, 0.2) is 11.5 Å². The zero-order chi connectivity index (χ0) is 10.7. The zero-order valence-corrected chi connectivity index (χ0v) is 8.20. The van der Waals surface area contributed by atoms with Gasteiger partial charge in [-0.1, -0.05) is 6.58 Å². The Morgan fingerprint density at radius 1 is 1.29 bits per heavy atom. The zero-order valence-electron chi connectivity index (χ0n) is 8.20. The molecule has 0 aliphatic rings. The Bertz CT molecular complexity index is 361. The number of hydrogen-bond donors (Lipinski definition) is 2. The first-order valence-corrected chi connectivity index (χ1v) is 4.00. The van der Waals surface area contributed by atoms with E-state index in [1.54, 1.807) is 12.1 Å². The number of benzene rings is 1. The first-order chi connectivity index (χ1) is 6.60. The molecule has 1 aromatic rings. The van der Waals surface area contributed by atoms with Crippen molar-refractivity contribution >= 4 is 11.4 Å². The maximum absolute atomic E-state index is 9.22. The second kappa shape index (κ2) is 3.91. The lowest BCUT2D eigenvalue weighted by Gasteiger charge is -2.11. The van der Waals surface area contributed by atoms with Gasteiger partial charge in [0, 0.05) is 17.3 Å². The van der Waals surface area contributed by atoms with E-state index in [1.165, 1.54) is 14.2 Å². The molecule has 14 heavy (non-hydrogen) atoms. The molecule has 0 aromatic heterocycles. The average Bonchev–Trinajstić information content (AvgIpc) is 2.16. The van der Waals surface area contributed by atoms with Crippen molar-refractivity contribution in [2.45, 2.75) is 0 Å². The Labute approximate surface area is 82.6 Å². The van der Waals surface area contributed by atoms with Gasteiger partial charge in [0.05, 0.1) is 14.2 Å². The summed E-state index contributed by atoms with van der Waals surface area (Å²) in [5, 5.41) is 9.22. The fourth-order valence-electron chi connectivity index (χ4n) is 1.14. The summed E-state index contributed by atoms with van der Waals surface area (Å²) in [6.45, 7) is 3.40. The van der Waals surface area contributed by atoms with E-state index in [0.717, 1.165) is 0 Å². The molecule has 0 heterocycles. The molecule has 0 aliphatic carbocycles. The van der Waals surface area contributed by atoms with Crippen LogP contribution in [0.5, 0.6) is 11.5 Å². The van der Waals surface area contributed by atoms with Crippen molar-refractivity contribution in [1.82, 2.24) is 0 Å². The van der Waals surface area contributed by atoms with Crippen molar-refractivity contribution < 1.29 is 14.6 Å². The summed E-state index contributed by atoms with van der Waals surface area (Å²) in [4.78, 5) is 0. The molecule has 3 N–H and O–H groups in total. The molecule has 4 nitrogen and oxygen atoms in total. The van der Waals surface area contributed by atoms with E-state index >= 15 is 0 Å². The Kier molecular flexibility index (Phi) is 2.86. The highest BCUT2D eigenvalue weighted by Crippen LogP contribution is 2.33. The summed E-state index contributed by atoms with van der Waals surface area (Å²) in [5.74, 6) is 0.936. The number of nitrogens with two attached hydrogens (primary N) is 1. The summed E-state index contributed by atoms with van der Waals surface area (Å²) in [7, 11) is 3.03. The van der Waals surface area contributed by atoms with Crippen molar-refractivity contribution in [3.8, 4) is 11.5 Å². The Morgan fingerprint density at radius 3 is 2.21 bits per heavy atom. The maximum Gasteiger partial charge on any atom is 0.162 e. The van der Waals surface area contributed by atoms with E-state index in [0.29, 0.717) is 22.7 Å². The van der Waals surface area contributed by atoms with Crippen LogP contribution >= 0.6 is 0 Å². The number of rotatable bonds is 3. The van der Waals surface area contributed by atoms with Gasteiger partial charge < -0.3 is 20.3 Å². The van der Waals surface area contributed by atoms with Crippen LogP contribution in [-0.4, -0.2) is 19.3 Å². The molecule has 0 bridgehead atoms. The molecule has 0 saturated carbocycles. The largest absolute Gasteiger partial charge is 0.508 e. The molecular formula is C10H13NO3. The number of anilines is 1. The summed E-state index contributed by atoms with van der Waals surface area (Å²) in [6.07, 6.45) is 0. The van der Waals surface area contributed by atoms with Crippen molar-refractivity contribution in [1.29, 1.82) is 0 Å². The highest BCUT2D eigenvalue weighted by atomic mass is 16.5. The van der Waals surface area contributed by atoms with Gasteiger partial charge in [-0.05, 0) is 6.07 Å². The van der Waals surface area contributed by atoms with Crippen LogP contribution in [0.3, 0.4) is 0 Å². The second-order valence-corrected chi connectivity index (χ2v) is 2.74. The topological polar surface area (TPSA) is 64.7 Å². The maximum atomic E-state index is 9.22. The van der Waals surface area contributed by atoms with Crippen LogP contribution in [0.2, 0.25) is 0 Å². The SMILES string of the molecule is C=C(O)c1cc(OC)c(OC)cc1N. The number of methoxy groups -OCH3 is 2. The summed E-state index contributed by atoms with van der Waals surface area (Å²) in [5.41, 5.74) is 6.51. The first kappa shape index (κ1) is 10.2. The average molecular weight is 195 g/mol. The smallest absolute Gasteiger partial charge is 0.162 e. The lowest BCUT2D eigenvalue weighted by molar-refractivity contribution is 0.355. The Hall–Kier alpha value is -1.84. The van der Waals surface area contributed by atoms with Crippen molar-refractivity contribution in [2.24, 2.45) is 0 Å². The second-order valence-electron chi connectivity index (χ2n) is 2.74. The van der Waals surface area contributed by atoms with Crippen molar-refractivity contribution in [2.75, 3.05) is 20.0 Å². The molecule has 0 fully saturated rings. The molecular weight excluding hydrogens is 182 g/mol. The van der Waals surface area contributed by atoms with Crippen molar-refractivity contribution in [3.63, 3.8) is 0 Å². The number of hydrogen-bond acceptors (Lipinski definition) is 4. The fourth-order valence-corrected chi connectivity index (χ4v) is 1.14. The predicted molar refractivity (Wildman–Crippen MR) is 55.6 cm³/mol. The van der Waals surface area contributed by atoms with E-state index in [2.05, 4.69) is 6.58 Å². The van der Waals surface area contributed by atoms with E-state index in [1.807, 2.05) is 0 Å². The third kappa shape index (κ3) is 1.74. The van der Waals surface area contributed by atoms with Crippen LogP contribution in [0.25, 0.3) is 5.76 Å². The van der Waals surface area contributed by atoms with Crippen LogP contribution < -0.4 is 15.2 Å². The minimum absolute atomic E-state index is 0.0940. The Balaban J connectivity index is 3.30. The quantitative estimate of drug-likeness (QED) is 0.570. The summed E-state index contributed by atoms with van der Waals surface area (Å²) >= 11 is 0. The van der Waals surface area contributed by atoms with Crippen LogP contribution in [-0.2, 0) is 0 Å². The molecule has 0 spiro atoms. The van der Waals surface area contributed by atoms with Crippen LogP contribution in [0.4, 0.5) is 5.69 Å². The number of ether oxygens (including phenoxy) is 2. The minimum atomic E-state index is -0.0940. The molecule has 0 aliphatic heterocycles. The standard InChI is InChI=1S/C10H13NO3/c1-6(12)7-4-9(13-2)10(14-3)5-8(7)11/h4-5,12H,1,11H2,2-3H3. The minimum Gasteiger partial charge on any atom is -0.508 e. The Morgan fingerprint density at radius 2 is 1.79 bits per heavy atom. The van der Waals surface area contributed by atoms with Crippen LogP contribution in [0.15, 0.2) is 18.7 Å². The van der Waals surface area contributed by atoms with Gasteiger partial charge in [0.25, 0.3) is 0 Å². The molecule has 0 radical (unpaired) electrons. The first-order valence-electron chi connectivity index (χ1n) is 4.00. The van der Waals surface area contributed by atoms with Gasteiger partial charge in [-0.3, -0.25) is 0 Å². The monoisotopic (exact) mass is 195 g/mol. The summed E-state index contributed by atoms with van der Waals surface area (Å²) in [6, 6.07) is 3.16. The summed E-state index contributed by atoms with van der Waals surface area (Å²) < 4.78 is 10.1. The number of aliphatic hydroxyl groups excluding tert-OH is 1. The lowest BCUT2D eigenvalue weighted by Crippen LogP contribution is -1.97. The number of nitrogen functional groups attached to an aromatic ring is 1. The van der Waals surface area contributed by atoms with E-state index in [-0.39, 0.29) is 5.76 Å². The molecule has 0 amide bonds. The predicted octanol–water partition coefficient (Wildman–Crippen LogP) is 1.81. The normalized spacial score (nSPS) is 9.57. The van der Waals surface area contributed by atoms with Crippen LogP contribution in [0.1, 0.15) is 5.56 Å². The van der Waals surface area contributed by atoms with Gasteiger partial charge in [-0.15, -0.1) is 0 Å². The van der Waals surface area contributed by atoms with E-state index < -0.39 is 0 Å². The molecule has 4 heteroatoms. The number of aliphatic hydroxyl groups is 1. The van der Waals surface area contributed by atoms with Crippen LogP contribution in [0, 0.1) is 0 Å². The van der Waals surface area contributed by atoms with E-state index in [4.69, 9.17) is 15.2 Å². The molecule has 0 unspecified atom stereocenters.